The summed E-state index contributed by atoms with van der Waals surface area (Å²) >= 11 is 0. The molecule has 0 rings (SSSR count). The van der Waals surface area contributed by atoms with Gasteiger partial charge in [-0.05, 0) is 0 Å². The van der Waals surface area contributed by atoms with Crippen molar-refractivity contribution in [1.82, 2.24) is 5.32 Å². The van der Waals surface area contributed by atoms with Crippen molar-refractivity contribution >= 4 is 12.1 Å². The molecule has 0 saturated heterocycles. The van der Waals surface area contributed by atoms with Gasteiger partial charge in [-0.15, -0.1) is 0 Å². The first-order valence-corrected chi connectivity index (χ1v) is 3.72. The number of carbonyl (C=O) groups is 2. The topological polar surface area (TPSA) is 90.7 Å². The van der Waals surface area contributed by atoms with Gasteiger partial charge in [0.1, 0.15) is 13.3 Å². The molecule has 0 spiro atoms. The molecular formula is C6H9F3N2O4. The maximum absolute atomic E-state index is 11.6. The summed E-state index contributed by atoms with van der Waals surface area (Å²) in [7, 11) is 0. The summed E-state index contributed by atoms with van der Waals surface area (Å²) < 4.78 is 43.1. The van der Waals surface area contributed by atoms with Crippen LogP contribution in [-0.2, 0) is 14.3 Å². The molecule has 0 aromatic heterocycles. The smallest absolute Gasteiger partial charge is 0.432 e. The summed E-state index contributed by atoms with van der Waals surface area (Å²) in [6.07, 6.45) is -6.06. The van der Waals surface area contributed by atoms with Gasteiger partial charge >= 0.3 is 18.2 Å². The average molecular weight is 230 g/mol. The molecule has 0 aliphatic carbocycles. The van der Waals surface area contributed by atoms with Crippen LogP contribution < -0.4 is 11.1 Å². The van der Waals surface area contributed by atoms with Crippen molar-refractivity contribution in [3.8, 4) is 0 Å². The Kier molecular flexibility index (Phi) is 5.45. The molecule has 9 heteroatoms. The van der Waals surface area contributed by atoms with Gasteiger partial charge in [-0.3, -0.25) is 10.5 Å². The molecule has 0 aromatic carbocycles. The normalized spacial score (nSPS) is 10.7. The van der Waals surface area contributed by atoms with Gasteiger partial charge in [0.25, 0.3) is 0 Å². The molecule has 0 bridgehead atoms. The number of ether oxygens (including phenoxy) is 2. The highest BCUT2D eigenvalue weighted by Gasteiger charge is 2.38. The highest BCUT2D eigenvalue weighted by atomic mass is 19.4. The molecule has 3 N–H and O–H groups in total. The van der Waals surface area contributed by atoms with Gasteiger partial charge < -0.3 is 14.8 Å². The van der Waals surface area contributed by atoms with Crippen molar-refractivity contribution in [3.05, 3.63) is 0 Å². The molecule has 0 unspecified atom stereocenters. The van der Waals surface area contributed by atoms with E-state index in [4.69, 9.17) is 5.73 Å². The maximum atomic E-state index is 11.6. The van der Waals surface area contributed by atoms with Crippen molar-refractivity contribution in [2.45, 2.75) is 6.18 Å². The first-order valence-electron chi connectivity index (χ1n) is 3.72. The Balaban J connectivity index is 3.55. The van der Waals surface area contributed by atoms with Crippen molar-refractivity contribution in [2.75, 3.05) is 19.9 Å². The zero-order valence-electron chi connectivity index (χ0n) is 7.47. The lowest BCUT2D eigenvalue weighted by Gasteiger charge is -2.07. The number of hydrogen-bond acceptors (Lipinski definition) is 5. The molecule has 0 heterocycles. The van der Waals surface area contributed by atoms with Crippen LogP contribution in [0.15, 0.2) is 0 Å². The third-order valence-electron chi connectivity index (χ3n) is 1.07. The number of hydrogen-bond donors (Lipinski definition) is 2. The van der Waals surface area contributed by atoms with Gasteiger partial charge in [0.05, 0.1) is 6.54 Å². The largest absolute Gasteiger partial charge is 0.509 e. The molecule has 0 radical (unpaired) electrons. The fraction of sp³-hybridized carbons (Fsp3) is 0.667. The predicted molar refractivity (Wildman–Crippen MR) is 40.6 cm³/mol. The fourth-order valence-corrected chi connectivity index (χ4v) is 0.509. The zero-order chi connectivity index (χ0) is 11.9. The molecule has 15 heavy (non-hydrogen) atoms. The summed E-state index contributed by atoms with van der Waals surface area (Å²) in [5, 5.41) is 1.49. The Hall–Kier alpha value is -1.51. The van der Waals surface area contributed by atoms with E-state index >= 15 is 0 Å². The summed E-state index contributed by atoms with van der Waals surface area (Å²) in [5.74, 6) is -2.10. The number of halogens is 3. The Morgan fingerprint density at radius 1 is 1.27 bits per heavy atom. The summed E-state index contributed by atoms with van der Waals surface area (Å²) in [4.78, 5) is 20.6. The molecule has 0 aliphatic rings. The van der Waals surface area contributed by atoms with E-state index in [1.165, 1.54) is 5.32 Å². The molecule has 0 aromatic rings. The number of carbonyl (C=O) groups excluding carboxylic acids is 2. The van der Waals surface area contributed by atoms with Crippen LogP contribution in [0.25, 0.3) is 0 Å². The average Bonchev–Trinajstić information content (AvgIpc) is 2.11. The highest BCUT2D eigenvalue weighted by molar-refractivity contribution is 5.81. The maximum Gasteiger partial charge on any atom is 0.509 e. The number of nitrogens with one attached hydrogen (secondary N) is 1. The van der Waals surface area contributed by atoms with E-state index in [2.05, 4.69) is 9.47 Å². The first kappa shape index (κ1) is 13.5. The molecule has 1 amide bonds. The van der Waals surface area contributed by atoms with Crippen LogP contribution in [0.2, 0.25) is 0 Å². The number of rotatable bonds is 4. The van der Waals surface area contributed by atoms with E-state index in [0.717, 1.165) is 0 Å². The van der Waals surface area contributed by atoms with E-state index in [1.807, 2.05) is 0 Å². The van der Waals surface area contributed by atoms with Gasteiger partial charge in [0.2, 0.25) is 0 Å². The molecule has 6 nitrogen and oxygen atoms in total. The number of nitrogens with two attached hydrogens (primary N) is 1. The molecule has 0 atom stereocenters. The Morgan fingerprint density at radius 3 is 2.33 bits per heavy atom. The third kappa shape index (κ3) is 6.55. The van der Waals surface area contributed by atoms with Crippen LogP contribution in [0.4, 0.5) is 18.0 Å². The Labute approximate surface area is 82.5 Å². The molecule has 0 fully saturated rings. The summed E-state index contributed by atoms with van der Waals surface area (Å²) in [6.45, 7) is -1.29. The monoisotopic (exact) mass is 230 g/mol. The van der Waals surface area contributed by atoms with E-state index in [1.54, 1.807) is 0 Å². The fourth-order valence-electron chi connectivity index (χ4n) is 0.509. The molecule has 0 aliphatic heterocycles. The van der Waals surface area contributed by atoms with Crippen molar-refractivity contribution < 1.29 is 32.2 Å². The van der Waals surface area contributed by atoms with Gasteiger partial charge in [-0.1, -0.05) is 0 Å². The van der Waals surface area contributed by atoms with Crippen molar-refractivity contribution in [1.29, 1.82) is 0 Å². The van der Waals surface area contributed by atoms with Crippen LogP contribution >= 0.6 is 0 Å². The standard InChI is InChI=1S/C6H9F3N2O4/c7-6(8,9)4(12)11-1-2-14-5(13)15-3-10/h1-3,10H2,(H,11,12). The number of amides is 1. The molecule has 88 valence electrons. The SMILES string of the molecule is NCOC(=O)OCCNC(=O)C(F)(F)F. The molecule has 0 saturated carbocycles. The second-order valence-electron chi connectivity index (χ2n) is 2.16. The van der Waals surface area contributed by atoms with Crippen molar-refractivity contribution in [2.24, 2.45) is 5.73 Å². The lowest BCUT2D eigenvalue weighted by atomic mass is 10.5. The van der Waals surface area contributed by atoms with Gasteiger partial charge in [0, 0.05) is 0 Å². The van der Waals surface area contributed by atoms with Crippen LogP contribution in [0.1, 0.15) is 0 Å². The quantitative estimate of drug-likeness (QED) is 0.394. The number of alkyl halides is 3. The Bertz CT molecular complexity index is 231. The summed E-state index contributed by atoms with van der Waals surface area (Å²) in [6, 6.07) is 0. The van der Waals surface area contributed by atoms with Crippen LogP contribution in [0.5, 0.6) is 0 Å². The zero-order valence-corrected chi connectivity index (χ0v) is 7.47. The van der Waals surface area contributed by atoms with E-state index < -0.39 is 38.1 Å². The second-order valence-corrected chi connectivity index (χ2v) is 2.16. The van der Waals surface area contributed by atoms with Crippen LogP contribution in [-0.4, -0.2) is 38.1 Å². The highest BCUT2D eigenvalue weighted by Crippen LogP contribution is 2.13. The summed E-state index contributed by atoms with van der Waals surface area (Å²) in [5.41, 5.74) is 4.80. The van der Waals surface area contributed by atoms with Crippen molar-refractivity contribution in [3.63, 3.8) is 0 Å². The van der Waals surface area contributed by atoms with Crippen LogP contribution in [0, 0.1) is 0 Å². The minimum atomic E-state index is -4.95. The Morgan fingerprint density at radius 2 is 1.87 bits per heavy atom. The van der Waals surface area contributed by atoms with Crippen LogP contribution in [0.3, 0.4) is 0 Å². The minimum Gasteiger partial charge on any atom is -0.432 e. The van der Waals surface area contributed by atoms with E-state index in [9.17, 15) is 22.8 Å². The van der Waals surface area contributed by atoms with Gasteiger partial charge in [0.15, 0.2) is 0 Å². The minimum absolute atomic E-state index is 0.395. The lowest BCUT2D eigenvalue weighted by molar-refractivity contribution is -0.173. The van der Waals surface area contributed by atoms with E-state index in [-0.39, 0.29) is 0 Å². The first-order chi connectivity index (χ1) is 6.88. The second kappa shape index (κ2) is 6.06. The van der Waals surface area contributed by atoms with Gasteiger partial charge in [-0.2, -0.15) is 13.2 Å². The third-order valence-corrected chi connectivity index (χ3v) is 1.07. The van der Waals surface area contributed by atoms with E-state index in [0.29, 0.717) is 0 Å². The van der Waals surface area contributed by atoms with Gasteiger partial charge in [-0.25, -0.2) is 4.79 Å². The molecular weight excluding hydrogens is 221 g/mol. The predicted octanol–water partition coefficient (Wildman–Crippen LogP) is -0.266. The lowest BCUT2D eigenvalue weighted by Crippen LogP contribution is -2.38.